The predicted octanol–water partition coefficient (Wildman–Crippen LogP) is 3.38. The van der Waals surface area contributed by atoms with Gasteiger partial charge >= 0.3 is 0 Å². The van der Waals surface area contributed by atoms with Crippen LogP contribution in [0, 0.1) is 12.8 Å². The van der Waals surface area contributed by atoms with Crippen molar-refractivity contribution < 1.29 is 4.79 Å². The van der Waals surface area contributed by atoms with Crippen molar-refractivity contribution in [2.24, 2.45) is 5.92 Å². The molecule has 1 heterocycles. The topological polar surface area (TPSA) is 66.9 Å². The Balaban J connectivity index is 1.88. The molecule has 5 nitrogen and oxygen atoms in total. The molecule has 1 aromatic carbocycles. The molecule has 0 aliphatic rings. The summed E-state index contributed by atoms with van der Waals surface area (Å²) >= 11 is 0. The molecule has 1 amide bonds. The molecule has 0 unspecified atom stereocenters. The minimum Gasteiger partial charge on any atom is -0.365 e. The highest BCUT2D eigenvalue weighted by Gasteiger charge is 2.06. The van der Waals surface area contributed by atoms with E-state index in [9.17, 15) is 4.79 Å². The highest BCUT2D eigenvalue weighted by Crippen LogP contribution is 2.10. The van der Waals surface area contributed by atoms with Crippen molar-refractivity contribution in [2.75, 3.05) is 10.6 Å². The van der Waals surface area contributed by atoms with E-state index in [2.05, 4.69) is 46.0 Å². The second-order valence-electron chi connectivity index (χ2n) is 5.79. The van der Waals surface area contributed by atoms with E-state index in [0.717, 1.165) is 0 Å². The minimum atomic E-state index is -0.0373. The molecule has 22 heavy (non-hydrogen) atoms. The van der Waals surface area contributed by atoms with E-state index in [-0.39, 0.29) is 5.91 Å². The van der Waals surface area contributed by atoms with Gasteiger partial charge in [-0.2, -0.15) is 0 Å². The van der Waals surface area contributed by atoms with Crippen LogP contribution in [-0.4, -0.2) is 16.1 Å². The van der Waals surface area contributed by atoms with Gasteiger partial charge in [0, 0.05) is 13.0 Å². The third-order valence-corrected chi connectivity index (χ3v) is 3.08. The summed E-state index contributed by atoms with van der Waals surface area (Å²) in [5, 5.41) is 14.0. The van der Waals surface area contributed by atoms with Crippen molar-refractivity contribution >= 4 is 17.5 Å². The maximum atomic E-state index is 11.7. The van der Waals surface area contributed by atoms with E-state index in [1.807, 2.05) is 26.0 Å². The fourth-order valence-electron chi connectivity index (χ4n) is 2.07. The molecule has 116 valence electrons. The van der Waals surface area contributed by atoms with Gasteiger partial charge in [0.15, 0.2) is 5.82 Å². The molecule has 2 aromatic rings. The molecule has 1 aromatic heterocycles. The molecule has 0 aliphatic carbocycles. The van der Waals surface area contributed by atoms with Gasteiger partial charge in [-0.15, -0.1) is 10.2 Å². The van der Waals surface area contributed by atoms with Gasteiger partial charge in [-0.25, -0.2) is 0 Å². The van der Waals surface area contributed by atoms with Crippen LogP contribution in [0.15, 0.2) is 36.4 Å². The molecule has 0 atom stereocenters. The number of carbonyl (C=O) groups excluding carboxylic acids is 1. The van der Waals surface area contributed by atoms with Crippen LogP contribution in [-0.2, 0) is 11.3 Å². The first-order valence-corrected chi connectivity index (χ1v) is 7.46. The van der Waals surface area contributed by atoms with Gasteiger partial charge in [0.1, 0.15) is 5.82 Å². The number of nitrogens with zero attached hydrogens (tertiary/aromatic N) is 2. The lowest BCUT2D eigenvalue weighted by Crippen LogP contribution is -2.15. The number of carbonyl (C=O) groups is 1. The Labute approximate surface area is 131 Å². The summed E-state index contributed by atoms with van der Waals surface area (Å²) in [4.78, 5) is 11.7. The summed E-state index contributed by atoms with van der Waals surface area (Å²) < 4.78 is 0. The van der Waals surface area contributed by atoms with Crippen molar-refractivity contribution in [2.45, 2.75) is 33.7 Å². The molecule has 0 aliphatic heterocycles. The average molecular weight is 298 g/mol. The van der Waals surface area contributed by atoms with Gasteiger partial charge < -0.3 is 10.6 Å². The third-order valence-electron chi connectivity index (χ3n) is 3.08. The number of aromatic nitrogens is 2. The van der Waals surface area contributed by atoms with Gasteiger partial charge in [0.2, 0.25) is 5.91 Å². The number of hydrogen-bond donors (Lipinski definition) is 2. The fourth-order valence-corrected chi connectivity index (χ4v) is 2.07. The van der Waals surface area contributed by atoms with Crippen molar-refractivity contribution in [1.29, 1.82) is 0 Å². The highest BCUT2D eigenvalue weighted by molar-refractivity contribution is 5.89. The third kappa shape index (κ3) is 5.16. The Hall–Kier alpha value is -2.43. The first kappa shape index (κ1) is 15.9. The summed E-state index contributed by atoms with van der Waals surface area (Å²) in [7, 11) is 0. The van der Waals surface area contributed by atoms with E-state index in [4.69, 9.17) is 0 Å². The summed E-state index contributed by atoms with van der Waals surface area (Å²) in [5.41, 5.74) is 2.42. The lowest BCUT2D eigenvalue weighted by Gasteiger charge is -2.08. The van der Waals surface area contributed by atoms with Gasteiger partial charge in [0.05, 0.1) is 0 Å². The number of amides is 1. The van der Waals surface area contributed by atoms with Crippen molar-refractivity contribution in [3.8, 4) is 0 Å². The lowest BCUT2D eigenvalue weighted by molar-refractivity contribution is -0.116. The standard InChI is InChI=1S/C17H22N4O/c1-12(2)9-17(22)19-16-8-7-15(20-21-16)18-11-14-6-4-5-13(3)10-14/h4-8,10,12H,9,11H2,1-3H3,(H,18,20)(H,19,21,22). The molecule has 0 fully saturated rings. The number of nitrogens with one attached hydrogen (secondary N) is 2. The van der Waals surface area contributed by atoms with E-state index >= 15 is 0 Å². The van der Waals surface area contributed by atoms with E-state index in [1.54, 1.807) is 6.07 Å². The first-order chi connectivity index (χ1) is 10.5. The molecule has 5 heteroatoms. The second-order valence-corrected chi connectivity index (χ2v) is 5.79. The summed E-state index contributed by atoms with van der Waals surface area (Å²) in [6.07, 6.45) is 0.481. The highest BCUT2D eigenvalue weighted by atomic mass is 16.1. The number of anilines is 2. The largest absolute Gasteiger partial charge is 0.365 e. The van der Waals surface area contributed by atoms with Crippen molar-refractivity contribution in [1.82, 2.24) is 10.2 Å². The second kappa shape index (κ2) is 7.54. The Kier molecular flexibility index (Phi) is 5.47. The Morgan fingerprint density at radius 3 is 2.50 bits per heavy atom. The maximum Gasteiger partial charge on any atom is 0.225 e. The summed E-state index contributed by atoms with van der Waals surface area (Å²) in [5.74, 6) is 1.45. The zero-order valence-corrected chi connectivity index (χ0v) is 13.3. The molecular weight excluding hydrogens is 276 g/mol. The number of benzene rings is 1. The van der Waals surface area contributed by atoms with Crippen molar-refractivity contribution in [3.05, 3.63) is 47.5 Å². The smallest absolute Gasteiger partial charge is 0.225 e. The van der Waals surface area contributed by atoms with Crippen LogP contribution in [0.5, 0.6) is 0 Å². The summed E-state index contributed by atoms with van der Waals surface area (Å²) in [6.45, 7) is 6.76. The number of hydrogen-bond acceptors (Lipinski definition) is 4. The lowest BCUT2D eigenvalue weighted by atomic mass is 10.1. The molecule has 2 N–H and O–H groups in total. The van der Waals surface area contributed by atoms with Crippen LogP contribution < -0.4 is 10.6 Å². The average Bonchev–Trinajstić information content (AvgIpc) is 2.46. The van der Waals surface area contributed by atoms with Crippen LogP contribution in [0.4, 0.5) is 11.6 Å². The van der Waals surface area contributed by atoms with Gasteiger partial charge in [-0.3, -0.25) is 4.79 Å². The van der Waals surface area contributed by atoms with E-state index in [0.29, 0.717) is 30.5 Å². The molecule has 2 rings (SSSR count). The molecule has 0 saturated heterocycles. The molecule has 0 saturated carbocycles. The Morgan fingerprint density at radius 1 is 1.14 bits per heavy atom. The van der Waals surface area contributed by atoms with Crippen LogP contribution >= 0.6 is 0 Å². The van der Waals surface area contributed by atoms with Gasteiger partial charge in [-0.1, -0.05) is 43.7 Å². The molecule has 0 spiro atoms. The Morgan fingerprint density at radius 2 is 1.86 bits per heavy atom. The quantitative estimate of drug-likeness (QED) is 0.858. The van der Waals surface area contributed by atoms with Crippen LogP contribution in [0.1, 0.15) is 31.4 Å². The molecular formula is C17H22N4O. The monoisotopic (exact) mass is 298 g/mol. The fraction of sp³-hybridized carbons (Fsp3) is 0.353. The van der Waals surface area contributed by atoms with E-state index in [1.165, 1.54) is 11.1 Å². The molecule has 0 radical (unpaired) electrons. The summed E-state index contributed by atoms with van der Waals surface area (Å²) in [6, 6.07) is 11.9. The SMILES string of the molecule is Cc1cccc(CNc2ccc(NC(=O)CC(C)C)nn2)c1. The number of rotatable bonds is 6. The van der Waals surface area contributed by atoms with Crippen LogP contribution in [0.3, 0.4) is 0 Å². The van der Waals surface area contributed by atoms with E-state index < -0.39 is 0 Å². The number of aryl methyl sites for hydroxylation is 1. The van der Waals surface area contributed by atoms with Crippen LogP contribution in [0.25, 0.3) is 0 Å². The zero-order chi connectivity index (χ0) is 15.9. The predicted molar refractivity (Wildman–Crippen MR) is 88.6 cm³/mol. The van der Waals surface area contributed by atoms with Gasteiger partial charge in [-0.05, 0) is 30.5 Å². The van der Waals surface area contributed by atoms with Crippen molar-refractivity contribution in [3.63, 3.8) is 0 Å². The normalized spacial score (nSPS) is 10.5. The minimum absolute atomic E-state index is 0.0373. The first-order valence-electron chi connectivity index (χ1n) is 7.46. The maximum absolute atomic E-state index is 11.7. The Bertz CT molecular complexity index is 623. The van der Waals surface area contributed by atoms with Gasteiger partial charge in [0.25, 0.3) is 0 Å². The van der Waals surface area contributed by atoms with Crippen LogP contribution in [0.2, 0.25) is 0 Å². The molecule has 0 bridgehead atoms. The zero-order valence-electron chi connectivity index (χ0n) is 13.3.